The Morgan fingerprint density at radius 1 is 1.28 bits per heavy atom. The molecule has 0 unspecified atom stereocenters. The van der Waals surface area contributed by atoms with Gasteiger partial charge in [-0.2, -0.15) is 5.10 Å². The van der Waals surface area contributed by atoms with E-state index in [1.165, 1.54) is 0 Å². The van der Waals surface area contributed by atoms with E-state index in [9.17, 15) is 14.4 Å². The van der Waals surface area contributed by atoms with Crippen LogP contribution in [0.3, 0.4) is 0 Å². The fourth-order valence-electron chi connectivity index (χ4n) is 2.22. The number of nitrogens with zero attached hydrogens (tertiary/aromatic N) is 1. The van der Waals surface area contributed by atoms with E-state index in [2.05, 4.69) is 25.5 Å². The minimum atomic E-state index is -0.641. The predicted octanol–water partition coefficient (Wildman–Crippen LogP) is 1.22. The van der Waals surface area contributed by atoms with Crippen molar-refractivity contribution in [3.63, 3.8) is 0 Å². The number of carbonyl (C=O) groups excluding carboxylic acids is 1. The Bertz CT molecular complexity index is 1030. The number of H-pyrrole nitrogens is 3. The standard InChI is InChI=1S/C15H17N5O5/c1-15(2,3)25-14(23)16-6-7-4-5-8(24-7)10-9-11(20-19-10)17-13(22)18-12(9)21/h4-5H,6H2,1-3H3,(H,16,23)(H3,17,18,19,20,21,22). The molecule has 10 nitrogen and oxygen atoms in total. The summed E-state index contributed by atoms with van der Waals surface area (Å²) in [6, 6.07) is 3.28. The quantitative estimate of drug-likeness (QED) is 0.560. The molecule has 4 N–H and O–H groups in total. The van der Waals surface area contributed by atoms with Gasteiger partial charge in [0.25, 0.3) is 5.56 Å². The smallest absolute Gasteiger partial charge is 0.408 e. The number of nitrogens with one attached hydrogen (secondary N) is 4. The fourth-order valence-corrected chi connectivity index (χ4v) is 2.22. The highest BCUT2D eigenvalue weighted by atomic mass is 16.6. The number of hydrogen-bond donors (Lipinski definition) is 4. The van der Waals surface area contributed by atoms with E-state index in [4.69, 9.17) is 9.15 Å². The van der Waals surface area contributed by atoms with Gasteiger partial charge in [-0.15, -0.1) is 0 Å². The summed E-state index contributed by atoms with van der Waals surface area (Å²) in [5, 5.41) is 9.31. The van der Waals surface area contributed by atoms with Crippen molar-refractivity contribution in [1.29, 1.82) is 0 Å². The molecule has 0 atom stereocenters. The Hall–Kier alpha value is -3.30. The second-order valence-electron chi connectivity index (χ2n) is 6.35. The van der Waals surface area contributed by atoms with Gasteiger partial charge < -0.3 is 14.5 Å². The van der Waals surface area contributed by atoms with E-state index < -0.39 is 22.9 Å². The van der Waals surface area contributed by atoms with Gasteiger partial charge in [0.2, 0.25) is 0 Å². The summed E-state index contributed by atoms with van der Waals surface area (Å²) >= 11 is 0. The molecule has 3 aromatic heterocycles. The van der Waals surface area contributed by atoms with Gasteiger partial charge in [-0.1, -0.05) is 0 Å². The van der Waals surface area contributed by atoms with Crippen LogP contribution in [0.5, 0.6) is 0 Å². The average Bonchev–Trinajstić information content (AvgIpc) is 3.09. The Balaban J connectivity index is 1.80. The maximum absolute atomic E-state index is 12.0. The number of carbonyl (C=O) groups is 1. The molecule has 10 heteroatoms. The van der Waals surface area contributed by atoms with E-state index in [1.54, 1.807) is 32.9 Å². The van der Waals surface area contributed by atoms with Crippen LogP contribution >= 0.6 is 0 Å². The molecule has 3 heterocycles. The highest BCUT2D eigenvalue weighted by Crippen LogP contribution is 2.24. The molecule has 0 fully saturated rings. The minimum absolute atomic E-state index is 0.119. The summed E-state index contributed by atoms with van der Waals surface area (Å²) < 4.78 is 10.8. The number of hydrogen-bond acceptors (Lipinski definition) is 6. The fraction of sp³-hybridized carbons (Fsp3) is 0.333. The molecular weight excluding hydrogens is 330 g/mol. The van der Waals surface area contributed by atoms with Gasteiger partial charge in [-0.3, -0.25) is 19.9 Å². The third-order valence-electron chi connectivity index (χ3n) is 3.17. The number of ether oxygens (including phenoxy) is 1. The number of fused-ring (bicyclic) bond motifs is 1. The molecule has 0 aromatic carbocycles. The van der Waals surface area contributed by atoms with Crippen molar-refractivity contribution in [2.45, 2.75) is 32.9 Å². The summed E-state index contributed by atoms with van der Waals surface area (Å²) in [5.41, 5.74) is -1.35. The molecule has 0 spiro atoms. The van der Waals surface area contributed by atoms with Crippen LogP contribution in [0.25, 0.3) is 22.5 Å². The van der Waals surface area contributed by atoms with E-state index >= 15 is 0 Å². The lowest BCUT2D eigenvalue weighted by Gasteiger charge is -2.19. The summed E-state index contributed by atoms with van der Waals surface area (Å²) in [5.74, 6) is 0.811. The summed E-state index contributed by atoms with van der Waals surface area (Å²) in [4.78, 5) is 39.4. The van der Waals surface area contributed by atoms with E-state index in [-0.39, 0.29) is 17.6 Å². The van der Waals surface area contributed by atoms with Crippen molar-refractivity contribution in [3.05, 3.63) is 38.7 Å². The van der Waals surface area contributed by atoms with E-state index in [0.29, 0.717) is 17.2 Å². The zero-order valence-corrected chi connectivity index (χ0v) is 13.9. The van der Waals surface area contributed by atoms with Gasteiger partial charge in [0, 0.05) is 0 Å². The molecular formula is C15H17N5O5. The molecule has 25 heavy (non-hydrogen) atoms. The first-order valence-electron chi connectivity index (χ1n) is 7.49. The van der Waals surface area contributed by atoms with Gasteiger partial charge in [0.05, 0.1) is 6.54 Å². The van der Waals surface area contributed by atoms with Crippen molar-refractivity contribution in [2.75, 3.05) is 0 Å². The minimum Gasteiger partial charge on any atom is -0.458 e. The lowest BCUT2D eigenvalue weighted by Crippen LogP contribution is -2.32. The summed E-state index contributed by atoms with van der Waals surface area (Å²) in [7, 11) is 0. The van der Waals surface area contributed by atoms with Crippen LogP contribution in [-0.2, 0) is 11.3 Å². The predicted molar refractivity (Wildman–Crippen MR) is 88.1 cm³/mol. The zero-order chi connectivity index (χ0) is 18.2. The van der Waals surface area contributed by atoms with Crippen molar-refractivity contribution >= 4 is 17.1 Å². The molecule has 0 bridgehead atoms. The van der Waals surface area contributed by atoms with Crippen molar-refractivity contribution in [1.82, 2.24) is 25.5 Å². The van der Waals surface area contributed by atoms with Crippen LogP contribution in [0, 0.1) is 0 Å². The van der Waals surface area contributed by atoms with Gasteiger partial charge in [0.15, 0.2) is 11.4 Å². The number of alkyl carbamates (subject to hydrolysis) is 1. The number of aromatic amines is 3. The third-order valence-corrected chi connectivity index (χ3v) is 3.17. The molecule has 0 aliphatic carbocycles. The Labute approximate surface area is 140 Å². The molecule has 132 valence electrons. The largest absolute Gasteiger partial charge is 0.458 e. The lowest BCUT2D eigenvalue weighted by molar-refractivity contribution is 0.0520. The van der Waals surface area contributed by atoms with Crippen LogP contribution in [0.1, 0.15) is 26.5 Å². The Morgan fingerprint density at radius 3 is 2.76 bits per heavy atom. The first-order valence-corrected chi connectivity index (χ1v) is 7.49. The third kappa shape index (κ3) is 3.62. The number of rotatable bonds is 3. The number of aromatic nitrogens is 4. The van der Waals surface area contributed by atoms with Gasteiger partial charge >= 0.3 is 11.8 Å². The summed E-state index contributed by atoms with van der Waals surface area (Å²) in [6.45, 7) is 5.42. The molecule has 3 rings (SSSR count). The van der Waals surface area contributed by atoms with Crippen LogP contribution in [-0.4, -0.2) is 31.9 Å². The summed E-state index contributed by atoms with van der Waals surface area (Å²) in [6.07, 6.45) is -0.563. The van der Waals surface area contributed by atoms with Crippen LogP contribution < -0.4 is 16.6 Å². The highest BCUT2D eigenvalue weighted by molar-refractivity contribution is 5.88. The van der Waals surface area contributed by atoms with Gasteiger partial charge in [-0.05, 0) is 32.9 Å². The number of furan rings is 1. The van der Waals surface area contributed by atoms with Crippen molar-refractivity contribution in [3.8, 4) is 11.5 Å². The SMILES string of the molecule is CC(C)(C)OC(=O)NCc1ccc(-c2[nH]nc3[nH]c(=O)[nH]c(=O)c23)o1. The average molecular weight is 347 g/mol. The molecule has 0 radical (unpaired) electrons. The first-order chi connectivity index (χ1) is 11.7. The zero-order valence-electron chi connectivity index (χ0n) is 13.9. The highest BCUT2D eigenvalue weighted by Gasteiger charge is 2.18. The lowest BCUT2D eigenvalue weighted by atomic mass is 10.2. The monoisotopic (exact) mass is 347 g/mol. The van der Waals surface area contributed by atoms with Crippen LogP contribution in [0.15, 0.2) is 26.1 Å². The molecule has 1 amide bonds. The molecule has 0 aliphatic heterocycles. The number of amides is 1. The molecule has 0 aliphatic rings. The van der Waals surface area contributed by atoms with Gasteiger partial charge in [-0.25, -0.2) is 9.59 Å². The molecule has 3 aromatic rings. The van der Waals surface area contributed by atoms with Gasteiger partial charge in [0.1, 0.15) is 22.4 Å². The van der Waals surface area contributed by atoms with E-state index in [1.807, 2.05) is 0 Å². The maximum atomic E-state index is 12.0. The molecule has 0 saturated carbocycles. The maximum Gasteiger partial charge on any atom is 0.408 e. The topological polar surface area (TPSA) is 146 Å². The normalized spacial score (nSPS) is 11.6. The first kappa shape index (κ1) is 16.6. The van der Waals surface area contributed by atoms with Crippen molar-refractivity contribution in [2.24, 2.45) is 0 Å². The Kier molecular flexibility index (Phi) is 3.95. The Morgan fingerprint density at radius 2 is 2.04 bits per heavy atom. The second-order valence-corrected chi connectivity index (χ2v) is 6.35. The van der Waals surface area contributed by atoms with Crippen molar-refractivity contribution < 1.29 is 13.9 Å². The van der Waals surface area contributed by atoms with Crippen LogP contribution in [0.4, 0.5) is 4.79 Å². The van der Waals surface area contributed by atoms with Crippen LogP contribution in [0.2, 0.25) is 0 Å². The second kappa shape index (κ2) is 5.96. The van der Waals surface area contributed by atoms with E-state index in [0.717, 1.165) is 0 Å². The molecule has 0 saturated heterocycles.